The molecule has 0 radical (unpaired) electrons. The fraction of sp³-hybridized carbons (Fsp3) is 0.412. The highest BCUT2D eigenvalue weighted by Crippen LogP contribution is 2.23. The van der Waals surface area contributed by atoms with Crippen LogP contribution >= 0.6 is 0 Å². The summed E-state index contributed by atoms with van der Waals surface area (Å²) in [7, 11) is -2.75. The molecule has 0 fully saturated rings. The van der Waals surface area contributed by atoms with E-state index in [2.05, 4.69) is 76.6 Å². The molecule has 0 heterocycles. The minimum atomic E-state index is -1.39. The minimum absolute atomic E-state index is 1.02. The Morgan fingerprint density at radius 1 is 1.11 bits per heavy atom. The lowest BCUT2D eigenvalue weighted by Crippen LogP contribution is -2.62. The van der Waals surface area contributed by atoms with Crippen LogP contribution in [0.15, 0.2) is 48.2 Å². The van der Waals surface area contributed by atoms with Crippen molar-refractivity contribution in [2.45, 2.75) is 46.5 Å². The second-order valence-electron chi connectivity index (χ2n) is 6.70. The van der Waals surface area contributed by atoms with Crippen molar-refractivity contribution in [1.82, 2.24) is 0 Å². The molecular formula is C17H28Si2. The molecule has 0 unspecified atom stereocenters. The standard InChI is InChI=1S/C17H28Si2/c1-8-9-16(3)14-18(4,5)19(6,7)17-12-10-15(2)11-13-17/h8,10-14H,1,9H2,2-7H3/b16-14+. The maximum atomic E-state index is 3.85. The summed E-state index contributed by atoms with van der Waals surface area (Å²) in [5.74, 6) is 0. The highest BCUT2D eigenvalue weighted by molar-refractivity contribution is 7.47. The van der Waals surface area contributed by atoms with Gasteiger partial charge in [-0.2, -0.15) is 0 Å². The van der Waals surface area contributed by atoms with Crippen molar-refractivity contribution in [1.29, 1.82) is 0 Å². The zero-order valence-electron chi connectivity index (χ0n) is 13.4. The van der Waals surface area contributed by atoms with Gasteiger partial charge in [0.15, 0.2) is 0 Å². The van der Waals surface area contributed by atoms with E-state index in [1.807, 2.05) is 6.08 Å². The maximum Gasteiger partial charge on any atom is 0.0784 e. The van der Waals surface area contributed by atoms with E-state index in [4.69, 9.17) is 0 Å². The molecule has 0 bridgehead atoms. The Labute approximate surface area is 121 Å². The van der Waals surface area contributed by atoms with E-state index in [0.717, 1.165) is 6.42 Å². The van der Waals surface area contributed by atoms with Crippen LogP contribution in [0.2, 0.25) is 26.2 Å². The summed E-state index contributed by atoms with van der Waals surface area (Å²) in [6.45, 7) is 18.4. The lowest BCUT2D eigenvalue weighted by molar-refractivity contribution is 1.22. The molecule has 0 nitrogen and oxygen atoms in total. The second-order valence-corrected chi connectivity index (χ2v) is 21.9. The molecule has 0 saturated heterocycles. The van der Waals surface area contributed by atoms with Gasteiger partial charge in [-0.15, -0.1) is 6.58 Å². The van der Waals surface area contributed by atoms with Crippen LogP contribution < -0.4 is 5.19 Å². The van der Waals surface area contributed by atoms with Gasteiger partial charge in [0.1, 0.15) is 0 Å². The fourth-order valence-corrected chi connectivity index (χ4v) is 10.4. The highest BCUT2D eigenvalue weighted by Gasteiger charge is 2.40. The second kappa shape index (κ2) is 6.06. The van der Waals surface area contributed by atoms with E-state index in [1.54, 1.807) is 5.19 Å². The third-order valence-electron chi connectivity index (χ3n) is 4.46. The van der Waals surface area contributed by atoms with Crippen LogP contribution in [0.4, 0.5) is 0 Å². The van der Waals surface area contributed by atoms with Crippen LogP contribution in [-0.4, -0.2) is 15.2 Å². The number of rotatable bonds is 5. The van der Waals surface area contributed by atoms with Crippen molar-refractivity contribution in [2.75, 3.05) is 0 Å². The summed E-state index contributed by atoms with van der Waals surface area (Å²) >= 11 is 0. The molecule has 0 spiro atoms. The molecule has 2 heteroatoms. The van der Waals surface area contributed by atoms with Gasteiger partial charge in [0, 0.05) is 0 Å². The van der Waals surface area contributed by atoms with Crippen molar-refractivity contribution >= 4 is 20.4 Å². The first kappa shape index (κ1) is 16.2. The SMILES string of the molecule is C=CC/C(C)=C/[Si](C)(C)[Si](C)(C)c1ccc(C)cc1. The van der Waals surface area contributed by atoms with Crippen molar-refractivity contribution in [3.05, 3.63) is 53.8 Å². The van der Waals surface area contributed by atoms with Crippen molar-refractivity contribution in [2.24, 2.45) is 0 Å². The smallest absolute Gasteiger partial charge is 0.0784 e. The molecule has 1 rings (SSSR count). The van der Waals surface area contributed by atoms with Gasteiger partial charge in [0.2, 0.25) is 0 Å². The fourth-order valence-electron chi connectivity index (χ4n) is 2.43. The van der Waals surface area contributed by atoms with Crippen LogP contribution in [0.5, 0.6) is 0 Å². The maximum absolute atomic E-state index is 3.85. The van der Waals surface area contributed by atoms with Gasteiger partial charge in [-0.1, -0.05) is 78.6 Å². The van der Waals surface area contributed by atoms with Gasteiger partial charge in [-0.25, -0.2) is 0 Å². The number of hydrogen-bond acceptors (Lipinski definition) is 0. The summed E-state index contributed by atoms with van der Waals surface area (Å²) < 4.78 is 0. The molecule has 104 valence electrons. The first-order chi connectivity index (χ1) is 8.70. The minimum Gasteiger partial charge on any atom is -0.103 e. The largest absolute Gasteiger partial charge is 0.103 e. The lowest BCUT2D eigenvalue weighted by atomic mass is 10.2. The Morgan fingerprint density at radius 3 is 2.11 bits per heavy atom. The van der Waals surface area contributed by atoms with E-state index in [1.165, 1.54) is 11.1 Å². The predicted molar refractivity (Wildman–Crippen MR) is 94.3 cm³/mol. The molecule has 0 aliphatic rings. The Balaban J connectivity index is 3.13. The number of allylic oxidation sites excluding steroid dienone is 2. The van der Waals surface area contributed by atoms with E-state index in [-0.39, 0.29) is 0 Å². The topological polar surface area (TPSA) is 0 Å². The molecule has 0 aromatic heterocycles. The number of benzene rings is 1. The van der Waals surface area contributed by atoms with Gasteiger partial charge < -0.3 is 0 Å². The molecule has 0 N–H and O–H groups in total. The quantitative estimate of drug-likeness (QED) is 0.541. The summed E-state index contributed by atoms with van der Waals surface area (Å²) in [5, 5.41) is 1.59. The predicted octanol–water partition coefficient (Wildman–Crippen LogP) is 4.76. The van der Waals surface area contributed by atoms with Crippen molar-refractivity contribution in [3.8, 4) is 0 Å². The summed E-state index contributed by atoms with van der Waals surface area (Å²) in [4.78, 5) is 0. The Morgan fingerprint density at radius 2 is 1.63 bits per heavy atom. The molecule has 1 aromatic rings. The van der Waals surface area contributed by atoms with E-state index >= 15 is 0 Å². The molecule has 0 saturated carbocycles. The molecule has 19 heavy (non-hydrogen) atoms. The van der Waals surface area contributed by atoms with Crippen LogP contribution in [0.25, 0.3) is 0 Å². The molecule has 0 amide bonds. The highest BCUT2D eigenvalue weighted by atomic mass is 29.3. The number of aryl methyl sites for hydroxylation is 1. The zero-order valence-corrected chi connectivity index (χ0v) is 15.4. The third-order valence-corrected chi connectivity index (χ3v) is 21.6. The van der Waals surface area contributed by atoms with Gasteiger partial charge in [-0.05, 0) is 20.3 Å². The van der Waals surface area contributed by atoms with Crippen LogP contribution in [0, 0.1) is 6.92 Å². The Bertz CT molecular complexity index is 465. The molecule has 0 aliphatic heterocycles. The summed E-state index contributed by atoms with van der Waals surface area (Å²) in [6, 6.07) is 9.23. The molecule has 0 atom stereocenters. The van der Waals surface area contributed by atoms with Gasteiger partial charge in [-0.3, -0.25) is 0 Å². The van der Waals surface area contributed by atoms with Crippen LogP contribution in [0.1, 0.15) is 18.9 Å². The van der Waals surface area contributed by atoms with Gasteiger partial charge >= 0.3 is 0 Å². The summed E-state index contributed by atoms with van der Waals surface area (Å²) in [6.07, 6.45) is 3.03. The lowest BCUT2D eigenvalue weighted by Gasteiger charge is -2.37. The normalized spacial score (nSPS) is 13.5. The molecular weight excluding hydrogens is 260 g/mol. The average molecular weight is 289 g/mol. The van der Waals surface area contributed by atoms with Crippen LogP contribution in [-0.2, 0) is 0 Å². The van der Waals surface area contributed by atoms with E-state index in [0.29, 0.717) is 0 Å². The first-order valence-electron chi connectivity index (χ1n) is 7.07. The summed E-state index contributed by atoms with van der Waals surface area (Å²) in [5.41, 5.74) is 5.44. The van der Waals surface area contributed by atoms with Gasteiger partial charge in [0.05, 0.1) is 15.2 Å². The van der Waals surface area contributed by atoms with Gasteiger partial charge in [0.25, 0.3) is 0 Å². The Hall–Kier alpha value is -0.866. The first-order valence-corrected chi connectivity index (χ1v) is 14.1. The monoisotopic (exact) mass is 288 g/mol. The zero-order chi connectivity index (χ0) is 14.7. The van der Waals surface area contributed by atoms with E-state index in [9.17, 15) is 0 Å². The number of hydrogen-bond donors (Lipinski definition) is 0. The molecule has 1 aromatic carbocycles. The Kier molecular flexibility index (Phi) is 5.16. The van der Waals surface area contributed by atoms with Crippen LogP contribution in [0.3, 0.4) is 0 Å². The van der Waals surface area contributed by atoms with E-state index < -0.39 is 15.2 Å². The third kappa shape index (κ3) is 3.80. The molecule has 0 aliphatic carbocycles. The average Bonchev–Trinajstić information content (AvgIpc) is 2.28. The van der Waals surface area contributed by atoms with Crippen molar-refractivity contribution in [3.63, 3.8) is 0 Å². The van der Waals surface area contributed by atoms with Crippen molar-refractivity contribution < 1.29 is 0 Å².